The highest BCUT2D eigenvalue weighted by atomic mass is 32.2. The smallest absolute Gasteiger partial charge is 0.323 e. The van der Waals surface area contributed by atoms with E-state index in [1.165, 1.54) is 28.7 Å². The molecule has 1 atom stereocenters. The Morgan fingerprint density at radius 1 is 0.935 bits per heavy atom. The molecule has 0 fully saturated rings. The average Bonchev–Trinajstić information content (AvgIpc) is 3.35. The van der Waals surface area contributed by atoms with E-state index in [-0.39, 0.29) is 16.7 Å². The van der Waals surface area contributed by atoms with Crippen LogP contribution in [0.3, 0.4) is 0 Å². The van der Waals surface area contributed by atoms with E-state index >= 15 is 0 Å². The third kappa shape index (κ3) is 6.34. The van der Waals surface area contributed by atoms with Crippen LogP contribution >= 0.6 is 0 Å². The van der Waals surface area contributed by atoms with Crippen LogP contribution in [0.5, 0.6) is 0 Å². The molecule has 0 radical (unpaired) electrons. The lowest BCUT2D eigenvalue weighted by Gasteiger charge is -2.30. The predicted molar refractivity (Wildman–Crippen MR) is 178 cm³/mol. The minimum absolute atomic E-state index is 0.206. The maximum atomic E-state index is 12.2. The number of aliphatic carboxylic acids is 1. The zero-order valence-corrected chi connectivity index (χ0v) is 27.3. The molecular formula is C34H35N3O7S2. The normalized spacial score (nSPS) is 20.2. The number of hydrogen-bond donors (Lipinski definition) is 2. The molecule has 0 amide bonds. The number of rotatable bonds is 10. The first-order valence-electron chi connectivity index (χ1n) is 14.5. The summed E-state index contributed by atoms with van der Waals surface area (Å²) in [7, 11) is -8.77. The van der Waals surface area contributed by atoms with E-state index in [4.69, 9.17) is 5.14 Å². The molecule has 0 aromatic heterocycles. The molecular weight excluding hydrogens is 627 g/mol. The van der Waals surface area contributed by atoms with Gasteiger partial charge >= 0.3 is 5.97 Å². The highest BCUT2D eigenvalue weighted by molar-refractivity contribution is 7.89. The zero-order chi connectivity index (χ0) is 33.5. The average molecular weight is 662 g/mol. The van der Waals surface area contributed by atoms with Crippen molar-refractivity contribution >= 4 is 48.9 Å². The summed E-state index contributed by atoms with van der Waals surface area (Å²) in [5, 5.41) is 15.1. The first-order chi connectivity index (χ1) is 21.5. The van der Waals surface area contributed by atoms with E-state index in [0.717, 1.165) is 17.1 Å². The maximum Gasteiger partial charge on any atom is 0.323 e. The number of benzene rings is 3. The summed E-state index contributed by atoms with van der Waals surface area (Å²) < 4.78 is 61.6. The van der Waals surface area contributed by atoms with Gasteiger partial charge in [0.1, 0.15) is 6.54 Å². The second kappa shape index (κ2) is 12.1. The molecule has 12 heteroatoms. The Morgan fingerprint density at radius 3 is 2.26 bits per heavy atom. The summed E-state index contributed by atoms with van der Waals surface area (Å²) in [6, 6.07) is 22.3. The highest BCUT2D eigenvalue weighted by Crippen LogP contribution is 2.50. The van der Waals surface area contributed by atoms with Crippen molar-refractivity contribution in [2.75, 3.05) is 17.2 Å². The first-order valence-corrected chi connectivity index (χ1v) is 17.6. The second-order valence-electron chi connectivity index (χ2n) is 12.0. The molecule has 1 unspecified atom stereocenters. The number of para-hydroxylation sites is 2. The molecule has 0 bridgehead atoms. The van der Waals surface area contributed by atoms with Crippen molar-refractivity contribution in [3.63, 3.8) is 0 Å². The lowest BCUT2D eigenvalue weighted by atomic mass is 9.79. The van der Waals surface area contributed by atoms with Gasteiger partial charge in [0, 0.05) is 52.4 Å². The van der Waals surface area contributed by atoms with Gasteiger partial charge in [-0.15, -0.1) is 0 Å². The number of carboxylic acid groups (broad SMARTS) is 1. The Hall–Kier alpha value is -4.36. The molecule has 2 aliphatic heterocycles. The monoisotopic (exact) mass is 661 g/mol. The Kier molecular flexibility index (Phi) is 8.69. The van der Waals surface area contributed by atoms with Crippen LogP contribution in [0.2, 0.25) is 0 Å². The van der Waals surface area contributed by atoms with Crippen molar-refractivity contribution < 1.29 is 31.3 Å². The fourth-order valence-electron chi connectivity index (χ4n) is 6.35. The largest absolute Gasteiger partial charge is 0.748 e. The van der Waals surface area contributed by atoms with Gasteiger partial charge in [0.2, 0.25) is 21.4 Å². The van der Waals surface area contributed by atoms with Crippen LogP contribution in [0, 0.1) is 0 Å². The molecule has 0 saturated heterocycles. The summed E-state index contributed by atoms with van der Waals surface area (Å²) in [5.41, 5.74) is 3.93. The number of primary sulfonamides is 1. The van der Waals surface area contributed by atoms with Gasteiger partial charge in [-0.3, -0.25) is 4.79 Å². The first kappa shape index (κ1) is 33.0. The topological polar surface area (TPSA) is 161 Å². The summed E-state index contributed by atoms with van der Waals surface area (Å²) in [4.78, 5) is 13.2. The molecule has 3 N–H and O–H groups in total. The Balaban J connectivity index is 1.58. The van der Waals surface area contributed by atoms with Crippen molar-refractivity contribution in [2.45, 2.75) is 42.9 Å². The van der Waals surface area contributed by atoms with Crippen molar-refractivity contribution in [3.05, 3.63) is 120 Å². The third-order valence-corrected chi connectivity index (χ3v) is 10.2. The summed E-state index contributed by atoms with van der Waals surface area (Å²) in [5.74, 6) is -1.90. The third-order valence-electron chi connectivity index (χ3n) is 8.63. The van der Waals surface area contributed by atoms with Crippen LogP contribution in [0.25, 0.3) is 0 Å². The van der Waals surface area contributed by atoms with Gasteiger partial charge in [-0.2, -0.15) is 4.58 Å². The standard InChI is InChI=1S/C34H35N3O7S2/c1-33(2)26-14-10-11-15-29(26)37(24-12-6-4-7-13-24)30(33)16-8-5-9-17-31-34(3,20-21-45(40,41)42)27-22-25(46(35,43)44)18-19-28(27)36(31)23-32(38)39/h4-19,22H,20-21,23H2,1-3H3,(H3-,35,38,39,40,41,42,43,44). The molecule has 3 aromatic carbocycles. The summed E-state index contributed by atoms with van der Waals surface area (Å²) in [6.07, 6.45) is 8.84. The van der Waals surface area contributed by atoms with Gasteiger partial charge < -0.3 is 14.6 Å². The van der Waals surface area contributed by atoms with Gasteiger partial charge in [0.05, 0.1) is 20.4 Å². The van der Waals surface area contributed by atoms with Crippen LogP contribution in [0.4, 0.5) is 17.1 Å². The van der Waals surface area contributed by atoms with Gasteiger partial charge in [-0.05, 0) is 57.0 Å². The number of allylic oxidation sites excluding steroid dienone is 6. The van der Waals surface area contributed by atoms with E-state index in [2.05, 4.69) is 30.6 Å². The molecule has 240 valence electrons. The minimum atomic E-state index is -4.65. The molecule has 5 rings (SSSR count). The van der Waals surface area contributed by atoms with E-state index in [9.17, 15) is 31.3 Å². The van der Waals surface area contributed by atoms with Gasteiger partial charge in [0.25, 0.3) is 0 Å². The number of hydrogen-bond acceptors (Lipinski definition) is 7. The van der Waals surface area contributed by atoms with Crippen LogP contribution < -0.4 is 14.6 Å². The molecule has 2 heterocycles. The molecule has 10 nitrogen and oxygen atoms in total. The van der Waals surface area contributed by atoms with Crippen LogP contribution in [-0.2, 0) is 35.8 Å². The minimum Gasteiger partial charge on any atom is -0.748 e. The SMILES string of the molecule is CC1(C)C(/C=C/C=C/C=C2/N(CC(=O)O)c3ccc(S(N)(=O)=O)cc3C2(C)CCS(=O)(=O)[O-])=[N+](c2ccccc2)c2ccccc21. The van der Waals surface area contributed by atoms with Gasteiger partial charge in [-0.25, -0.2) is 22.0 Å². The number of fused-ring (bicyclic) bond motifs is 2. The number of sulfonamides is 1. The second-order valence-corrected chi connectivity index (χ2v) is 15.1. The quantitative estimate of drug-likeness (QED) is 0.180. The van der Waals surface area contributed by atoms with Gasteiger partial charge in [-0.1, -0.05) is 54.6 Å². The number of carbonyl (C=O) groups is 1. The lowest BCUT2D eigenvalue weighted by Crippen LogP contribution is -2.33. The number of carboxylic acids is 1. The molecule has 2 aliphatic rings. The Bertz CT molecular complexity index is 2050. The zero-order valence-electron chi connectivity index (χ0n) is 25.6. The fraction of sp³-hybridized carbons (Fsp3) is 0.235. The molecule has 0 saturated carbocycles. The number of anilines is 1. The summed E-state index contributed by atoms with van der Waals surface area (Å²) >= 11 is 0. The number of nitrogens with two attached hydrogens (primary N) is 1. The van der Waals surface area contributed by atoms with Crippen LogP contribution in [0.1, 0.15) is 38.3 Å². The van der Waals surface area contributed by atoms with E-state index in [0.29, 0.717) is 16.9 Å². The van der Waals surface area contributed by atoms with E-state index < -0.39 is 43.8 Å². The highest BCUT2D eigenvalue weighted by Gasteiger charge is 2.46. The fourth-order valence-corrected chi connectivity index (χ4v) is 7.54. The Morgan fingerprint density at radius 2 is 1.61 bits per heavy atom. The van der Waals surface area contributed by atoms with E-state index in [1.807, 2.05) is 54.6 Å². The van der Waals surface area contributed by atoms with Crippen molar-refractivity contribution in [1.29, 1.82) is 0 Å². The molecule has 46 heavy (non-hydrogen) atoms. The molecule has 0 spiro atoms. The van der Waals surface area contributed by atoms with Crippen LogP contribution in [-0.4, -0.2) is 50.5 Å². The van der Waals surface area contributed by atoms with Crippen molar-refractivity contribution in [3.8, 4) is 0 Å². The van der Waals surface area contributed by atoms with Crippen molar-refractivity contribution in [2.24, 2.45) is 5.14 Å². The maximum absolute atomic E-state index is 12.2. The number of nitrogens with zero attached hydrogens (tertiary/aromatic N) is 2. The van der Waals surface area contributed by atoms with E-state index in [1.54, 1.807) is 25.2 Å². The van der Waals surface area contributed by atoms with Crippen molar-refractivity contribution in [1.82, 2.24) is 4.58 Å². The summed E-state index contributed by atoms with van der Waals surface area (Å²) in [6.45, 7) is 5.50. The Labute approximate surface area is 269 Å². The lowest BCUT2D eigenvalue weighted by molar-refractivity contribution is -0.135. The van der Waals surface area contributed by atoms with Crippen LogP contribution in [0.15, 0.2) is 114 Å². The molecule has 3 aromatic rings. The van der Waals surface area contributed by atoms with Gasteiger partial charge in [0.15, 0.2) is 5.71 Å². The molecule has 0 aliphatic carbocycles. The predicted octanol–water partition coefficient (Wildman–Crippen LogP) is 4.70.